The molecule has 0 atom stereocenters. The molecule has 0 amide bonds. The summed E-state index contributed by atoms with van der Waals surface area (Å²) in [6.07, 6.45) is 0.958. The van der Waals surface area contributed by atoms with Gasteiger partial charge in [-0.05, 0) is 18.7 Å². The molecule has 0 aliphatic heterocycles. The Labute approximate surface area is 99.6 Å². The minimum absolute atomic E-state index is 0.862. The van der Waals surface area contributed by atoms with Crippen molar-refractivity contribution in [2.45, 2.75) is 13.3 Å². The highest BCUT2D eigenvalue weighted by molar-refractivity contribution is 7.80. The van der Waals surface area contributed by atoms with Crippen molar-refractivity contribution in [1.29, 1.82) is 0 Å². The van der Waals surface area contributed by atoms with Crippen LogP contribution in [0, 0.1) is 6.92 Å². The standard InChI is InChI=1S/C12H13NS2/c1-9-3-2-4-10(7-9)11-8-15-12(13-11)5-6-14/h2-4,7-8,14H,5-6H2,1H3. The van der Waals surface area contributed by atoms with Gasteiger partial charge < -0.3 is 0 Å². The van der Waals surface area contributed by atoms with E-state index in [1.165, 1.54) is 16.1 Å². The lowest BCUT2D eigenvalue weighted by Crippen LogP contribution is -1.85. The van der Waals surface area contributed by atoms with Gasteiger partial charge in [0.05, 0.1) is 10.7 Å². The molecule has 0 saturated heterocycles. The lowest BCUT2D eigenvalue weighted by Gasteiger charge is -1.97. The number of benzene rings is 1. The average molecular weight is 235 g/mol. The maximum atomic E-state index is 4.58. The predicted molar refractivity (Wildman–Crippen MR) is 69.8 cm³/mol. The van der Waals surface area contributed by atoms with Gasteiger partial charge in [-0.25, -0.2) is 4.98 Å². The van der Waals surface area contributed by atoms with Crippen LogP contribution in [0.25, 0.3) is 11.3 Å². The highest BCUT2D eigenvalue weighted by Gasteiger charge is 2.03. The van der Waals surface area contributed by atoms with E-state index in [-0.39, 0.29) is 0 Å². The Morgan fingerprint density at radius 2 is 2.27 bits per heavy atom. The molecule has 0 fully saturated rings. The van der Waals surface area contributed by atoms with Crippen molar-refractivity contribution < 1.29 is 0 Å². The third-order valence-electron chi connectivity index (χ3n) is 2.19. The molecule has 0 bridgehead atoms. The van der Waals surface area contributed by atoms with Gasteiger partial charge in [0, 0.05) is 17.4 Å². The zero-order chi connectivity index (χ0) is 10.7. The van der Waals surface area contributed by atoms with E-state index in [1.54, 1.807) is 11.3 Å². The molecule has 1 nitrogen and oxygen atoms in total. The summed E-state index contributed by atoms with van der Waals surface area (Å²) in [5, 5.41) is 3.29. The van der Waals surface area contributed by atoms with Gasteiger partial charge in [0.15, 0.2) is 0 Å². The zero-order valence-electron chi connectivity index (χ0n) is 8.60. The fraction of sp³-hybridized carbons (Fsp3) is 0.250. The molecule has 0 radical (unpaired) electrons. The Morgan fingerprint density at radius 1 is 1.40 bits per heavy atom. The van der Waals surface area contributed by atoms with E-state index in [0.29, 0.717) is 0 Å². The highest BCUT2D eigenvalue weighted by atomic mass is 32.1. The number of nitrogens with zero attached hydrogens (tertiary/aromatic N) is 1. The van der Waals surface area contributed by atoms with E-state index < -0.39 is 0 Å². The fourth-order valence-corrected chi connectivity index (χ4v) is 2.63. The third kappa shape index (κ3) is 2.61. The van der Waals surface area contributed by atoms with Crippen LogP contribution in [0.3, 0.4) is 0 Å². The molecule has 1 aromatic heterocycles. The van der Waals surface area contributed by atoms with Crippen LogP contribution in [0.2, 0.25) is 0 Å². The van der Waals surface area contributed by atoms with Gasteiger partial charge in [-0.2, -0.15) is 12.6 Å². The van der Waals surface area contributed by atoms with Crippen molar-refractivity contribution in [3.05, 3.63) is 40.2 Å². The minimum Gasteiger partial charge on any atom is -0.241 e. The minimum atomic E-state index is 0.862. The Bertz CT molecular complexity index is 448. The fourth-order valence-electron chi connectivity index (χ4n) is 1.46. The lowest BCUT2D eigenvalue weighted by atomic mass is 10.1. The molecule has 78 valence electrons. The molecule has 0 N–H and O–H groups in total. The summed E-state index contributed by atoms with van der Waals surface area (Å²) in [5.74, 6) is 0.862. The van der Waals surface area contributed by atoms with Crippen molar-refractivity contribution in [1.82, 2.24) is 4.98 Å². The zero-order valence-corrected chi connectivity index (χ0v) is 10.3. The second-order valence-corrected chi connectivity index (χ2v) is 4.86. The second-order valence-electron chi connectivity index (χ2n) is 3.47. The Balaban J connectivity index is 2.29. The summed E-state index contributed by atoms with van der Waals surface area (Å²) in [6, 6.07) is 8.44. The van der Waals surface area contributed by atoms with Crippen LogP contribution in [-0.2, 0) is 6.42 Å². The first kappa shape index (κ1) is 10.7. The molecular formula is C12H13NS2. The monoisotopic (exact) mass is 235 g/mol. The third-order valence-corrected chi connectivity index (χ3v) is 3.32. The number of hydrogen-bond acceptors (Lipinski definition) is 3. The van der Waals surface area contributed by atoms with Crippen LogP contribution < -0.4 is 0 Å². The van der Waals surface area contributed by atoms with E-state index in [4.69, 9.17) is 0 Å². The highest BCUT2D eigenvalue weighted by Crippen LogP contribution is 2.22. The molecule has 0 saturated carbocycles. The van der Waals surface area contributed by atoms with Gasteiger partial charge in [-0.1, -0.05) is 23.8 Å². The van der Waals surface area contributed by atoms with Crippen molar-refractivity contribution >= 4 is 24.0 Å². The molecule has 1 heterocycles. The number of rotatable bonds is 3. The molecule has 15 heavy (non-hydrogen) atoms. The summed E-state index contributed by atoms with van der Waals surface area (Å²) in [6.45, 7) is 2.10. The second kappa shape index (κ2) is 4.81. The van der Waals surface area contributed by atoms with E-state index in [1.807, 2.05) is 0 Å². The van der Waals surface area contributed by atoms with Crippen molar-refractivity contribution in [2.75, 3.05) is 5.75 Å². The SMILES string of the molecule is Cc1cccc(-c2csc(CCS)n2)c1. The molecule has 3 heteroatoms. The van der Waals surface area contributed by atoms with Crippen molar-refractivity contribution in [2.24, 2.45) is 0 Å². The van der Waals surface area contributed by atoms with Crippen molar-refractivity contribution in [3.63, 3.8) is 0 Å². The Kier molecular flexibility index (Phi) is 3.44. The molecule has 0 aliphatic rings. The number of hydrogen-bond donors (Lipinski definition) is 1. The molecule has 0 spiro atoms. The van der Waals surface area contributed by atoms with Gasteiger partial charge in [-0.15, -0.1) is 11.3 Å². The smallest absolute Gasteiger partial charge is 0.0940 e. The lowest BCUT2D eigenvalue weighted by molar-refractivity contribution is 1.11. The predicted octanol–water partition coefficient (Wildman–Crippen LogP) is 3.59. The summed E-state index contributed by atoms with van der Waals surface area (Å²) in [5.41, 5.74) is 3.56. The van der Waals surface area contributed by atoms with E-state index in [2.05, 4.69) is 54.2 Å². The van der Waals surface area contributed by atoms with Crippen LogP contribution in [-0.4, -0.2) is 10.7 Å². The molecule has 2 aromatic rings. The summed E-state index contributed by atoms with van der Waals surface area (Å²) >= 11 is 5.93. The first-order valence-corrected chi connectivity index (χ1v) is 6.43. The van der Waals surface area contributed by atoms with Gasteiger partial charge in [0.25, 0.3) is 0 Å². The Hall–Kier alpha value is -0.800. The van der Waals surface area contributed by atoms with Crippen molar-refractivity contribution in [3.8, 4) is 11.3 Å². The van der Waals surface area contributed by atoms with E-state index in [9.17, 15) is 0 Å². The maximum Gasteiger partial charge on any atom is 0.0940 e. The quantitative estimate of drug-likeness (QED) is 0.802. The topological polar surface area (TPSA) is 12.9 Å². The van der Waals surface area contributed by atoms with E-state index >= 15 is 0 Å². The normalized spacial score (nSPS) is 10.5. The summed E-state index contributed by atoms with van der Waals surface area (Å²) < 4.78 is 0. The Morgan fingerprint density at radius 3 is 3.00 bits per heavy atom. The number of thiol groups is 1. The van der Waals surface area contributed by atoms with Gasteiger partial charge in [0.2, 0.25) is 0 Å². The first-order chi connectivity index (χ1) is 7.29. The average Bonchev–Trinajstić information content (AvgIpc) is 2.67. The van der Waals surface area contributed by atoms with Gasteiger partial charge in [0.1, 0.15) is 0 Å². The molecule has 0 unspecified atom stereocenters. The van der Waals surface area contributed by atoms with E-state index in [0.717, 1.165) is 17.9 Å². The maximum absolute atomic E-state index is 4.58. The molecule has 1 aromatic carbocycles. The van der Waals surface area contributed by atoms with Crippen LogP contribution in [0.5, 0.6) is 0 Å². The molecule has 0 aliphatic carbocycles. The van der Waals surface area contributed by atoms with Crippen LogP contribution in [0.15, 0.2) is 29.6 Å². The number of aryl methyl sites for hydroxylation is 2. The van der Waals surface area contributed by atoms with Crippen LogP contribution in [0.4, 0.5) is 0 Å². The van der Waals surface area contributed by atoms with Crippen LogP contribution >= 0.6 is 24.0 Å². The number of thiazole rings is 1. The summed E-state index contributed by atoms with van der Waals surface area (Å²) in [4.78, 5) is 4.58. The van der Waals surface area contributed by atoms with Gasteiger partial charge >= 0.3 is 0 Å². The largest absolute Gasteiger partial charge is 0.241 e. The molecular weight excluding hydrogens is 222 g/mol. The first-order valence-electron chi connectivity index (χ1n) is 4.92. The summed E-state index contributed by atoms with van der Waals surface area (Å²) in [7, 11) is 0. The van der Waals surface area contributed by atoms with Crippen LogP contribution in [0.1, 0.15) is 10.6 Å². The van der Waals surface area contributed by atoms with Gasteiger partial charge in [-0.3, -0.25) is 0 Å². The molecule has 2 rings (SSSR count). The number of aromatic nitrogens is 1.